The van der Waals surface area contributed by atoms with Crippen molar-refractivity contribution in [3.63, 3.8) is 0 Å². The van der Waals surface area contributed by atoms with Gasteiger partial charge in [0.1, 0.15) is 11.4 Å². The molecule has 0 spiro atoms. The van der Waals surface area contributed by atoms with Crippen LogP contribution in [-0.2, 0) is 6.61 Å². The van der Waals surface area contributed by atoms with Crippen LogP contribution in [0.1, 0.15) is 12.0 Å². The number of aliphatic hydroxyl groups is 1. The number of halogens is 1. The first-order valence-corrected chi connectivity index (χ1v) is 8.93. The number of fused-ring (bicyclic) bond motifs is 1. The number of anilines is 1. The molecular weight excluding hydrogens is 352 g/mol. The molecule has 6 nitrogen and oxygen atoms in total. The van der Waals surface area contributed by atoms with Crippen LogP contribution in [-0.4, -0.2) is 40.7 Å². The first-order valence-electron chi connectivity index (χ1n) is 8.56. The highest BCUT2D eigenvalue weighted by molar-refractivity contribution is 6.32. The lowest BCUT2D eigenvalue weighted by Gasteiger charge is -2.17. The smallest absolute Gasteiger partial charge is 0.139 e. The van der Waals surface area contributed by atoms with E-state index in [0.29, 0.717) is 10.8 Å². The minimum absolute atomic E-state index is 0.117. The molecule has 1 fully saturated rings. The number of methoxy groups -OCH3 is 1. The lowest BCUT2D eigenvalue weighted by atomic mass is 10.1. The number of pyridine rings is 1. The first kappa shape index (κ1) is 17.1. The summed E-state index contributed by atoms with van der Waals surface area (Å²) < 4.78 is 7.20. The Bertz CT molecular complexity index is 956. The molecule has 3 N–H and O–H groups in total. The minimum Gasteiger partial charge on any atom is -0.495 e. The van der Waals surface area contributed by atoms with Crippen LogP contribution in [0.25, 0.3) is 16.9 Å². The van der Waals surface area contributed by atoms with Gasteiger partial charge >= 0.3 is 0 Å². The Morgan fingerprint density at radius 1 is 1.38 bits per heavy atom. The van der Waals surface area contributed by atoms with Crippen LogP contribution in [0.15, 0.2) is 36.7 Å². The Kier molecular flexibility index (Phi) is 4.48. The van der Waals surface area contributed by atoms with Gasteiger partial charge in [0.25, 0.3) is 0 Å². The second kappa shape index (κ2) is 6.79. The Balaban J connectivity index is 1.75. The number of benzene rings is 1. The van der Waals surface area contributed by atoms with Crippen LogP contribution < -0.4 is 15.4 Å². The molecule has 1 saturated heterocycles. The number of nitrogens with zero attached hydrogens (tertiary/aromatic N) is 3. The average molecular weight is 373 g/mol. The van der Waals surface area contributed by atoms with E-state index in [9.17, 15) is 5.11 Å². The third kappa shape index (κ3) is 3.00. The monoisotopic (exact) mass is 372 g/mol. The van der Waals surface area contributed by atoms with Gasteiger partial charge in [-0.25, -0.2) is 4.98 Å². The van der Waals surface area contributed by atoms with E-state index in [1.54, 1.807) is 19.2 Å². The zero-order valence-corrected chi connectivity index (χ0v) is 15.3. The van der Waals surface area contributed by atoms with Gasteiger partial charge in [-0.15, -0.1) is 0 Å². The predicted octanol–water partition coefficient (Wildman–Crippen LogP) is 2.69. The molecule has 3 heterocycles. The topological polar surface area (TPSA) is 76.0 Å². The molecule has 0 aliphatic carbocycles. The molecule has 1 aromatic carbocycles. The van der Waals surface area contributed by atoms with E-state index in [-0.39, 0.29) is 12.6 Å². The number of hydrogen-bond donors (Lipinski definition) is 2. The summed E-state index contributed by atoms with van der Waals surface area (Å²) in [6.07, 6.45) is 4.94. The Hall–Kier alpha value is -2.28. The highest BCUT2D eigenvalue weighted by Crippen LogP contribution is 2.34. The van der Waals surface area contributed by atoms with E-state index < -0.39 is 0 Å². The summed E-state index contributed by atoms with van der Waals surface area (Å²) in [4.78, 5) is 7.01. The van der Waals surface area contributed by atoms with Crippen molar-refractivity contribution < 1.29 is 9.84 Å². The van der Waals surface area contributed by atoms with E-state index in [2.05, 4.69) is 17.0 Å². The van der Waals surface area contributed by atoms with Gasteiger partial charge in [0.2, 0.25) is 0 Å². The Labute approximate surface area is 156 Å². The minimum atomic E-state index is -0.117. The third-order valence-electron chi connectivity index (χ3n) is 4.86. The molecule has 1 aliphatic heterocycles. The van der Waals surface area contributed by atoms with Crippen molar-refractivity contribution in [2.45, 2.75) is 19.1 Å². The molecule has 4 rings (SSSR count). The normalized spacial score (nSPS) is 17.2. The van der Waals surface area contributed by atoms with Crippen molar-refractivity contribution in [3.8, 4) is 17.0 Å². The summed E-state index contributed by atoms with van der Waals surface area (Å²) in [6.45, 7) is 1.72. The zero-order valence-electron chi connectivity index (χ0n) is 14.5. The summed E-state index contributed by atoms with van der Waals surface area (Å²) in [5.74, 6) is 0.538. The second-order valence-electron chi connectivity index (χ2n) is 6.57. The summed E-state index contributed by atoms with van der Waals surface area (Å²) >= 11 is 6.27. The van der Waals surface area contributed by atoms with Crippen LogP contribution in [0.4, 0.5) is 5.69 Å². The predicted molar refractivity (Wildman–Crippen MR) is 103 cm³/mol. The molecular formula is C19H21ClN4O2. The van der Waals surface area contributed by atoms with Gasteiger partial charge in [0.15, 0.2) is 0 Å². The van der Waals surface area contributed by atoms with Crippen LogP contribution in [0, 0.1) is 0 Å². The fraction of sp³-hybridized carbons (Fsp3) is 0.316. The lowest BCUT2D eigenvalue weighted by molar-refractivity contribution is 0.281. The number of ether oxygens (including phenoxy) is 1. The van der Waals surface area contributed by atoms with E-state index in [1.165, 1.54) is 0 Å². The molecule has 26 heavy (non-hydrogen) atoms. The molecule has 136 valence electrons. The maximum Gasteiger partial charge on any atom is 0.139 e. The van der Waals surface area contributed by atoms with Gasteiger partial charge in [-0.3, -0.25) is 0 Å². The SMILES string of the molecule is COc1cc(CO)c(-c2cn3ccc(N4CCC(N)C4)cc3n2)cc1Cl. The van der Waals surface area contributed by atoms with Crippen LogP contribution in [0.3, 0.4) is 0 Å². The van der Waals surface area contributed by atoms with Gasteiger partial charge in [-0.2, -0.15) is 0 Å². The average Bonchev–Trinajstić information content (AvgIpc) is 3.26. The zero-order chi connectivity index (χ0) is 18.3. The van der Waals surface area contributed by atoms with Crippen molar-refractivity contribution in [2.75, 3.05) is 25.1 Å². The van der Waals surface area contributed by atoms with Gasteiger partial charge in [0, 0.05) is 48.8 Å². The van der Waals surface area contributed by atoms with E-state index in [1.807, 2.05) is 16.8 Å². The number of aliphatic hydroxyl groups excluding tert-OH is 1. The van der Waals surface area contributed by atoms with Gasteiger partial charge in [-0.1, -0.05) is 11.6 Å². The van der Waals surface area contributed by atoms with Crippen LogP contribution >= 0.6 is 11.6 Å². The summed E-state index contributed by atoms with van der Waals surface area (Å²) in [6, 6.07) is 7.90. The van der Waals surface area contributed by atoms with Gasteiger partial charge in [-0.05, 0) is 30.2 Å². The van der Waals surface area contributed by atoms with Crippen molar-refractivity contribution in [1.82, 2.24) is 9.38 Å². The maximum atomic E-state index is 9.73. The molecule has 0 radical (unpaired) electrons. The van der Waals surface area contributed by atoms with Crippen LogP contribution in [0.5, 0.6) is 5.75 Å². The van der Waals surface area contributed by atoms with E-state index in [0.717, 1.165) is 47.7 Å². The standard InChI is InChI=1S/C19H21ClN4O2/c1-26-18-6-12(11-25)15(8-16(18)20)17-10-24-5-3-14(7-19(24)22-17)23-4-2-13(21)9-23/h3,5-8,10,13,25H,2,4,9,11,21H2,1H3. The Morgan fingerprint density at radius 3 is 2.92 bits per heavy atom. The third-order valence-corrected chi connectivity index (χ3v) is 5.15. The highest BCUT2D eigenvalue weighted by atomic mass is 35.5. The van der Waals surface area contributed by atoms with Gasteiger partial charge in [0.05, 0.1) is 24.4 Å². The molecule has 1 aliphatic rings. The van der Waals surface area contributed by atoms with Crippen molar-refractivity contribution in [2.24, 2.45) is 5.73 Å². The molecule has 7 heteroatoms. The second-order valence-corrected chi connectivity index (χ2v) is 6.98. The highest BCUT2D eigenvalue weighted by Gasteiger charge is 2.20. The van der Waals surface area contributed by atoms with E-state index >= 15 is 0 Å². The molecule has 3 aromatic rings. The van der Waals surface area contributed by atoms with E-state index in [4.69, 9.17) is 27.1 Å². The molecule has 1 atom stereocenters. The van der Waals surface area contributed by atoms with Crippen molar-refractivity contribution in [1.29, 1.82) is 0 Å². The number of imidazole rings is 1. The number of hydrogen-bond acceptors (Lipinski definition) is 5. The largest absolute Gasteiger partial charge is 0.495 e. The van der Waals surface area contributed by atoms with Crippen molar-refractivity contribution in [3.05, 3.63) is 47.2 Å². The lowest BCUT2D eigenvalue weighted by Crippen LogP contribution is -2.26. The first-order chi connectivity index (χ1) is 12.6. The summed E-state index contributed by atoms with van der Waals surface area (Å²) in [5.41, 5.74) is 10.3. The fourth-order valence-corrected chi connectivity index (χ4v) is 3.68. The number of nitrogens with two attached hydrogens (primary N) is 1. The number of aromatic nitrogens is 2. The quantitative estimate of drug-likeness (QED) is 0.736. The van der Waals surface area contributed by atoms with Crippen LogP contribution in [0.2, 0.25) is 5.02 Å². The molecule has 0 saturated carbocycles. The molecule has 0 bridgehead atoms. The molecule has 1 unspecified atom stereocenters. The van der Waals surface area contributed by atoms with Crippen molar-refractivity contribution >= 4 is 22.9 Å². The Morgan fingerprint density at radius 2 is 2.23 bits per heavy atom. The summed E-state index contributed by atoms with van der Waals surface area (Å²) in [5, 5.41) is 10.2. The van der Waals surface area contributed by atoms with Gasteiger partial charge < -0.3 is 24.9 Å². The summed E-state index contributed by atoms with van der Waals surface area (Å²) in [7, 11) is 1.55. The fourth-order valence-electron chi connectivity index (χ4n) is 3.44. The molecule has 2 aromatic heterocycles. The number of rotatable bonds is 4. The maximum absolute atomic E-state index is 9.73. The molecule has 0 amide bonds.